The number of nitrogens with zero attached hydrogens (tertiary/aromatic N) is 3. The zero-order chi connectivity index (χ0) is 17.0. The average Bonchev–Trinajstić information content (AvgIpc) is 2.58. The van der Waals surface area contributed by atoms with Gasteiger partial charge in [-0.05, 0) is 45.0 Å². The fraction of sp³-hybridized carbons (Fsp3) is 0.316. The van der Waals surface area contributed by atoms with Crippen molar-refractivity contribution in [3.63, 3.8) is 0 Å². The number of hydrogen-bond donors (Lipinski definition) is 2. The van der Waals surface area contributed by atoms with Gasteiger partial charge in [0.25, 0.3) is 0 Å². The number of nitrogens with one attached hydrogen (secondary N) is 2. The van der Waals surface area contributed by atoms with Gasteiger partial charge in [0, 0.05) is 42.0 Å². The highest BCUT2D eigenvalue weighted by atomic mass is 15.1. The van der Waals surface area contributed by atoms with Crippen molar-refractivity contribution in [2.75, 3.05) is 18.4 Å². The summed E-state index contributed by atoms with van der Waals surface area (Å²) in [5.74, 6) is 1.54. The van der Waals surface area contributed by atoms with Crippen molar-refractivity contribution in [1.82, 2.24) is 20.3 Å². The standard InChI is InChI=1S/C19H23N5/c1-19(2,3)22-12-11-21-18-15-8-4-5-9-16(15)23-17(24-18)14-7-6-10-20-13-14/h4-10,13,22H,11-12H2,1-3H3,(H,21,23,24). The summed E-state index contributed by atoms with van der Waals surface area (Å²) in [6.45, 7) is 8.14. The number of fused-ring (bicyclic) bond motifs is 1. The molecule has 3 rings (SSSR count). The summed E-state index contributed by atoms with van der Waals surface area (Å²) in [6, 6.07) is 11.9. The van der Waals surface area contributed by atoms with Crippen LogP contribution in [0.2, 0.25) is 0 Å². The Kier molecular flexibility index (Phi) is 4.71. The molecule has 0 spiro atoms. The number of rotatable bonds is 5. The van der Waals surface area contributed by atoms with Crippen LogP contribution in [0, 0.1) is 0 Å². The molecule has 24 heavy (non-hydrogen) atoms. The number of para-hydroxylation sites is 1. The Bertz CT molecular complexity index is 809. The topological polar surface area (TPSA) is 62.7 Å². The molecule has 3 aromatic rings. The first-order valence-corrected chi connectivity index (χ1v) is 8.19. The summed E-state index contributed by atoms with van der Waals surface area (Å²) >= 11 is 0. The lowest BCUT2D eigenvalue weighted by Gasteiger charge is -2.20. The normalized spacial score (nSPS) is 11.6. The van der Waals surface area contributed by atoms with Gasteiger partial charge in [0.15, 0.2) is 5.82 Å². The van der Waals surface area contributed by atoms with Crippen LogP contribution >= 0.6 is 0 Å². The molecule has 1 aromatic carbocycles. The summed E-state index contributed by atoms with van der Waals surface area (Å²) in [7, 11) is 0. The molecule has 2 heterocycles. The van der Waals surface area contributed by atoms with E-state index in [1.807, 2.05) is 36.4 Å². The monoisotopic (exact) mass is 321 g/mol. The third-order valence-electron chi connectivity index (χ3n) is 3.60. The third-order valence-corrected chi connectivity index (χ3v) is 3.60. The molecule has 0 saturated carbocycles. The van der Waals surface area contributed by atoms with Gasteiger partial charge in [0.1, 0.15) is 5.82 Å². The molecule has 0 aliphatic carbocycles. The van der Waals surface area contributed by atoms with Crippen molar-refractivity contribution in [2.45, 2.75) is 26.3 Å². The minimum Gasteiger partial charge on any atom is -0.368 e. The molecule has 0 aliphatic rings. The number of benzene rings is 1. The maximum absolute atomic E-state index is 4.72. The van der Waals surface area contributed by atoms with Gasteiger partial charge in [0.2, 0.25) is 0 Å². The Balaban J connectivity index is 1.88. The van der Waals surface area contributed by atoms with Gasteiger partial charge in [-0.3, -0.25) is 4.98 Å². The van der Waals surface area contributed by atoms with Crippen molar-refractivity contribution in [1.29, 1.82) is 0 Å². The predicted molar refractivity (Wildman–Crippen MR) is 99.0 cm³/mol. The zero-order valence-electron chi connectivity index (χ0n) is 14.4. The molecule has 0 saturated heterocycles. The van der Waals surface area contributed by atoms with Gasteiger partial charge in [-0.25, -0.2) is 9.97 Å². The second-order valence-corrected chi connectivity index (χ2v) is 6.76. The van der Waals surface area contributed by atoms with Gasteiger partial charge in [-0.1, -0.05) is 12.1 Å². The highest BCUT2D eigenvalue weighted by Crippen LogP contribution is 2.24. The fourth-order valence-electron chi connectivity index (χ4n) is 2.45. The first-order valence-electron chi connectivity index (χ1n) is 8.19. The Morgan fingerprint density at radius 3 is 2.54 bits per heavy atom. The highest BCUT2D eigenvalue weighted by Gasteiger charge is 2.10. The van der Waals surface area contributed by atoms with E-state index in [4.69, 9.17) is 4.98 Å². The van der Waals surface area contributed by atoms with Crippen molar-refractivity contribution < 1.29 is 0 Å². The van der Waals surface area contributed by atoms with E-state index in [0.717, 1.165) is 35.4 Å². The van der Waals surface area contributed by atoms with Crippen LogP contribution in [-0.4, -0.2) is 33.6 Å². The smallest absolute Gasteiger partial charge is 0.163 e. The van der Waals surface area contributed by atoms with E-state index in [1.165, 1.54) is 0 Å². The van der Waals surface area contributed by atoms with Gasteiger partial charge in [-0.2, -0.15) is 0 Å². The molecule has 2 aromatic heterocycles. The van der Waals surface area contributed by atoms with Gasteiger partial charge in [0.05, 0.1) is 5.52 Å². The maximum Gasteiger partial charge on any atom is 0.163 e. The summed E-state index contributed by atoms with van der Waals surface area (Å²) in [5, 5.41) is 7.94. The van der Waals surface area contributed by atoms with E-state index in [0.29, 0.717) is 5.82 Å². The highest BCUT2D eigenvalue weighted by molar-refractivity contribution is 5.90. The molecule has 5 heteroatoms. The Labute approximate surface area is 142 Å². The molecule has 5 nitrogen and oxygen atoms in total. The number of pyridine rings is 1. The van der Waals surface area contributed by atoms with Crippen molar-refractivity contribution in [2.24, 2.45) is 0 Å². The molecule has 0 unspecified atom stereocenters. The van der Waals surface area contributed by atoms with Crippen molar-refractivity contribution in [3.05, 3.63) is 48.8 Å². The van der Waals surface area contributed by atoms with E-state index in [2.05, 4.69) is 41.4 Å². The zero-order valence-corrected chi connectivity index (χ0v) is 14.4. The van der Waals surface area contributed by atoms with Crippen LogP contribution in [0.15, 0.2) is 48.8 Å². The molecular weight excluding hydrogens is 298 g/mol. The minimum atomic E-state index is 0.107. The SMILES string of the molecule is CC(C)(C)NCCNc1nc(-c2cccnc2)nc2ccccc12. The third kappa shape index (κ3) is 4.06. The molecular formula is C19H23N5. The first-order chi connectivity index (χ1) is 11.5. The molecule has 0 radical (unpaired) electrons. The van der Waals surface area contributed by atoms with Crippen molar-refractivity contribution in [3.8, 4) is 11.4 Å². The second kappa shape index (κ2) is 6.93. The van der Waals surface area contributed by atoms with Crippen LogP contribution in [-0.2, 0) is 0 Å². The van der Waals surface area contributed by atoms with E-state index < -0.39 is 0 Å². The molecule has 0 atom stereocenters. The van der Waals surface area contributed by atoms with Crippen LogP contribution in [0.25, 0.3) is 22.3 Å². The van der Waals surface area contributed by atoms with Gasteiger partial charge < -0.3 is 10.6 Å². The first kappa shape index (κ1) is 16.3. The van der Waals surface area contributed by atoms with Crippen LogP contribution in [0.3, 0.4) is 0 Å². The van der Waals surface area contributed by atoms with Gasteiger partial charge >= 0.3 is 0 Å². The van der Waals surface area contributed by atoms with E-state index in [-0.39, 0.29) is 5.54 Å². The molecule has 0 aliphatic heterocycles. The summed E-state index contributed by atoms with van der Waals surface area (Å²) in [5.41, 5.74) is 1.95. The molecule has 124 valence electrons. The summed E-state index contributed by atoms with van der Waals surface area (Å²) in [6.07, 6.45) is 3.54. The Morgan fingerprint density at radius 1 is 0.958 bits per heavy atom. The number of anilines is 1. The lowest BCUT2D eigenvalue weighted by atomic mass is 10.1. The summed E-state index contributed by atoms with van der Waals surface area (Å²) < 4.78 is 0. The molecule has 0 amide bonds. The van der Waals surface area contributed by atoms with Gasteiger partial charge in [-0.15, -0.1) is 0 Å². The van der Waals surface area contributed by atoms with Crippen LogP contribution in [0.4, 0.5) is 5.82 Å². The van der Waals surface area contributed by atoms with E-state index in [9.17, 15) is 0 Å². The van der Waals surface area contributed by atoms with Crippen LogP contribution in [0.1, 0.15) is 20.8 Å². The van der Waals surface area contributed by atoms with Crippen molar-refractivity contribution >= 4 is 16.7 Å². The van der Waals surface area contributed by atoms with Crippen LogP contribution in [0.5, 0.6) is 0 Å². The molecule has 0 fully saturated rings. The second-order valence-electron chi connectivity index (χ2n) is 6.76. The largest absolute Gasteiger partial charge is 0.368 e. The number of hydrogen-bond acceptors (Lipinski definition) is 5. The summed E-state index contributed by atoms with van der Waals surface area (Å²) in [4.78, 5) is 13.5. The number of aromatic nitrogens is 3. The van der Waals surface area contributed by atoms with E-state index >= 15 is 0 Å². The average molecular weight is 321 g/mol. The molecule has 0 bridgehead atoms. The fourth-order valence-corrected chi connectivity index (χ4v) is 2.45. The Hall–Kier alpha value is -2.53. The Morgan fingerprint density at radius 2 is 1.79 bits per heavy atom. The van der Waals surface area contributed by atoms with Crippen LogP contribution < -0.4 is 10.6 Å². The minimum absolute atomic E-state index is 0.107. The predicted octanol–water partition coefficient (Wildman–Crippen LogP) is 3.49. The lowest BCUT2D eigenvalue weighted by molar-refractivity contribution is 0.435. The maximum atomic E-state index is 4.72. The lowest BCUT2D eigenvalue weighted by Crippen LogP contribution is -2.38. The quantitative estimate of drug-likeness (QED) is 0.704. The van der Waals surface area contributed by atoms with E-state index in [1.54, 1.807) is 12.4 Å². The molecule has 2 N–H and O–H groups in total.